The van der Waals surface area contributed by atoms with Gasteiger partial charge in [-0.15, -0.1) is 6.58 Å². The maximum absolute atomic E-state index is 3.96. The Balaban J connectivity index is 2.37. The third kappa shape index (κ3) is 2.33. The molecule has 1 rings (SSSR count). The predicted octanol–water partition coefficient (Wildman–Crippen LogP) is 2.20. The summed E-state index contributed by atoms with van der Waals surface area (Å²) in [7, 11) is 0. The first kappa shape index (κ1) is 8.79. The topological polar surface area (TPSA) is 12.0 Å². The molecule has 1 N–H and O–H groups in total. The van der Waals surface area contributed by atoms with Crippen LogP contribution in [0.15, 0.2) is 12.2 Å². The molecular weight excluding hydrogens is 134 g/mol. The molecule has 0 aromatic rings. The maximum Gasteiger partial charge on any atom is -0.00142 e. The van der Waals surface area contributed by atoms with Crippen molar-refractivity contribution >= 4 is 0 Å². The van der Waals surface area contributed by atoms with E-state index in [9.17, 15) is 0 Å². The summed E-state index contributed by atoms with van der Waals surface area (Å²) >= 11 is 0. The van der Waals surface area contributed by atoms with E-state index in [1.807, 2.05) is 0 Å². The predicted molar refractivity (Wildman–Crippen MR) is 49.6 cm³/mol. The van der Waals surface area contributed by atoms with Crippen molar-refractivity contribution in [1.82, 2.24) is 5.32 Å². The van der Waals surface area contributed by atoms with E-state index in [1.165, 1.54) is 31.5 Å². The van der Waals surface area contributed by atoms with Crippen molar-refractivity contribution in [2.24, 2.45) is 11.8 Å². The number of rotatable bonds is 3. The molecule has 1 fully saturated rings. The van der Waals surface area contributed by atoms with Crippen LogP contribution in [-0.4, -0.2) is 13.1 Å². The molecule has 64 valence electrons. The van der Waals surface area contributed by atoms with E-state index in [0.717, 1.165) is 11.8 Å². The zero-order valence-electron chi connectivity index (χ0n) is 7.69. The summed E-state index contributed by atoms with van der Waals surface area (Å²) in [6, 6.07) is 0. The lowest BCUT2D eigenvalue weighted by atomic mass is 9.89. The van der Waals surface area contributed by atoms with Crippen molar-refractivity contribution in [3.8, 4) is 0 Å². The summed E-state index contributed by atoms with van der Waals surface area (Å²) in [6.45, 7) is 10.8. The lowest BCUT2D eigenvalue weighted by Crippen LogP contribution is -2.11. The van der Waals surface area contributed by atoms with E-state index < -0.39 is 0 Å². The Hall–Kier alpha value is -0.300. The minimum absolute atomic E-state index is 0.859. The molecule has 0 radical (unpaired) electrons. The normalized spacial score (nSPS) is 30.7. The molecule has 1 heteroatoms. The molecule has 2 unspecified atom stereocenters. The highest BCUT2D eigenvalue weighted by Crippen LogP contribution is 2.25. The third-order valence-corrected chi connectivity index (χ3v) is 2.61. The summed E-state index contributed by atoms with van der Waals surface area (Å²) in [6.07, 6.45) is 2.52. The lowest BCUT2D eigenvalue weighted by Gasteiger charge is -2.15. The highest BCUT2D eigenvalue weighted by Gasteiger charge is 2.24. The van der Waals surface area contributed by atoms with Crippen LogP contribution in [0, 0.1) is 11.8 Å². The quantitative estimate of drug-likeness (QED) is 0.613. The highest BCUT2D eigenvalue weighted by atomic mass is 14.9. The van der Waals surface area contributed by atoms with E-state index in [1.54, 1.807) is 0 Å². The molecule has 0 aromatic carbocycles. The number of allylic oxidation sites excluding steroid dienone is 1. The average Bonchev–Trinajstić information content (AvgIpc) is 2.34. The van der Waals surface area contributed by atoms with Crippen LogP contribution >= 0.6 is 0 Å². The number of hydrogen-bond acceptors (Lipinski definition) is 1. The van der Waals surface area contributed by atoms with E-state index in [0.29, 0.717) is 0 Å². The number of nitrogens with one attached hydrogen (secondary N) is 1. The largest absolute Gasteiger partial charge is 0.316 e. The van der Waals surface area contributed by atoms with Gasteiger partial charge in [0.1, 0.15) is 0 Å². The van der Waals surface area contributed by atoms with Crippen molar-refractivity contribution in [2.45, 2.75) is 26.7 Å². The summed E-state index contributed by atoms with van der Waals surface area (Å²) in [4.78, 5) is 0. The maximum atomic E-state index is 3.96. The summed E-state index contributed by atoms with van der Waals surface area (Å²) in [5.74, 6) is 1.75. The van der Waals surface area contributed by atoms with Crippen molar-refractivity contribution in [3.05, 3.63) is 12.2 Å². The summed E-state index contributed by atoms with van der Waals surface area (Å²) in [5.41, 5.74) is 1.33. The van der Waals surface area contributed by atoms with Crippen LogP contribution in [0.5, 0.6) is 0 Å². The molecule has 1 nitrogen and oxygen atoms in total. The first-order valence-corrected chi connectivity index (χ1v) is 4.59. The van der Waals surface area contributed by atoms with E-state index in [4.69, 9.17) is 0 Å². The average molecular weight is 153 g/mol. The van der Waals surface area contributed by atoms with E-state index >= 15 is 0 Å². The Morgan fingerprint density at radius 2 is 2.09 bits per heavy atom. The molecule has 0 spiro atoms. The first-order chi connectivity index (χ1) is 5.24. The smallest absolute Gasteiger partial charge is 0.00142 e. The van der Waals surface area contributed by atoms with Crippen LogP contribution in [0.25, 0.3) is 0 Å². The van der Waals surface area contributed by atoms with Gasteiger partial charge in [0.05, 0.1) is 0 Å². The molecule has 1 aliphatic rings. The fourth-order valence-electron chi connectivity index (χ4n) is 1.95. The molecule has 1 aliphatic heterocycles. The van der Waals surface area contributed by atoms with Gasteiger partial charge in [-0.25, -0.2) is 0 Å². The van der Waals surface area contributed by atoms with Crippen molar-refractivity contribution in [1.29, 1.82) is 0 Å². The zero-order valence-corrected chi connectivity index (χ0v) is 7.69. The molecule has 1 saturated heterocycles. The van der Waals surface area contributed by atoms with Crippen molar-refractivity contribution in [2.75, 3.05) is 13.1 Å². The van der Waals surface area contributed by atoms with Crippen LogP contribution in [0.3, 0.4) is 0 Å². The van der Waals surface area contributed by atoms with Gasteiger partial charge in [-0.2, -0.15) is 0 Å². The second-order valence-electron chi connectivity index (χ2n) is 3.75. The van der Waals surface area contributed by atoms with Gasteiger partial charge in [-0.05, 0) is 38.3 Å². The highest BCUT2D eigenvalue weighted by molar-refractivity contribution is 4.94. The number of hydrogen-bond donors (Lipinski definition) is 1. The Labute approximate surface area is 69.9 Å². The van der Waals surface area contributed by atoms with Gasteiger partial charge in [0.15, 0.2) is 0 Å². The minimum Gasteiger partial charge on any atom is -0.316 e. The standard InChI is InChI=1S/C10H19N/c1-4-9-6-11-7-10(9)5-8(2)3/h9-11H,2,4-7H2,1,3H3. The molecule has 0 amide bonds. The van der Waals surface area contributed by atoms with Gasteiger partial charge in [0.2, 0.25) is 0 Å². The Kier molecular flexibility index (Phi) is 3.13. The third-order valence-electron chi connectivity index (χ3n) is 2.61. The molecule has 0 bridgehead atoms. The first-order valence-electron chi connectivity index (χ1n) is 4.59. The fraction of sp³-hybridized carbons (Fsp3) is 0.800. The second-order valence-corrected chi connectivity index (χ2v) is 3.75. The van der Waals surface area contributed by atoms with Crippen LogP contribution in [-0.2, 0) is 0 Å². The van der Waals surface area contributed by atoms with Crippen molar-refractivity contribution < 1.29 is 0 Å². The molecule has 0 aromatic heterocycles. The Morgan fingerprint density at radius 1 is 1.45 bits per heavy atom. The molecule has 1 heterocycles. The zero-order chi connectivity index (χ0) is 8.27. The van der Waals surface area contributed by atoms with Crippen LogP contribution in [0.1, 0.15) is 26.7 Å². The lowest BCUT2D eigenvalue weighted by molar-refractivity contribution is 0.405. The van der Waals surface area contributed by atoms with Crippen LogP contribution < -0.4 is 5.32 Å². The minimum atomic E-state index is 0.859. The Bertz CT molecular complexity index is 140. The molecule has 0 aliphatic carbocycles. The van der Waals surface area contributed by atoms with Gasteiger partial charge < -0.3 is 5.32 Å². The molecule has 11 heavy (non-hydrogen) atoms. The van der Waals surface area contributed by atoms with Gasteiger partial charge in [-0.1, -0.05) is 18.9 Å². The fourth-order valence-corrected chi connectivity index (χ4v) is 1.95. The summed E-state index contributed by atoms with van der Waals surface area (Å²) < 4.78 is 0. The van der Waals surface area contributed by atoms with Crippen LogP contribution in [0.2, 0.25) is 0 Å². The van der Waals surface area contributed by atoms with Gasteiger partial charge in [0, 0.05) is 0 Å². The van der Waals surface area contributed by atoms with Crippen LogP contribution in [0.4, 0.5) is 0 Å². The van der Waals surface area contributed by atoms with Gasteiger partial charge in [-0.3, -0.25) is 0 Å². The monoisotopic (exact) mass is 153 g/mol. The van der Waals surface area contributed by atoms with E-state index in [2.05, 4.69) is 25.7 Å². The van der Waals surface area contributed by atoms with E-state index in [-0.39, 0.29) is 0 Å². The Morgan fingerprint density at radius 3 is 2.64 bits per heavy atom. The molecule has 2 atom stereocenters. The van der Waals surface area contributed by atoms with Gasteiger partial charge >= 0.3 is 0 Å². The SMILES string of the molecule is C=C(C)CC1CNCC1CC. The molecule has 0 saturated carbocycles. The van der Waals surface area contributed by atoms with Gasteiger partial charge in [0.25, 0.3) is 0 Å². The molecular formula is C10H19N. The summed E-state index contributed by atoms with van der Waals surface area (Å²) in [5, 5.41) is 3.44. The second kappa shape index (κ2) is 3.91. The van der Waals surface area contributed by atoms with Crippen molar-refractivity contribution in [3.63, 3.8) is 0 Å².